The van der Waals surface area contributed by atoms with Crippen LogP contribution >= 0.6 is 0 Å². The van der Waals surface area contributed by atoms with Crippen LogP contribution in [0.2, 0.25) is 0 Å². The maximum absolute atomic E-state index is 11.8. The van der Waals surface area contributed by atoms with Gasteiger partial charge in [0.05, 0.1) is 18.3 Å². The summed E-state index contributed by atoms with van der Waals surface area (Å²) in [7, 11) is 0. The van der Waals surface area contributed by atoms with Gasteiger partial charge in [0.2, 0.25) is 0 Å². The maximum Gasteiger partial charge on any atom is 0.153 e. The molecule has 0 saturated heterocycles. The van der Waals surface area contributed by atoms with Gasteiger partial charge in [-0.15, -0.1) is 0 Å². The van der Waals surface area contributed by atoms with E-state index in [0.717, 1.165) is 19.3 Å². The topological polar surface area (TPSA) is 51.2 Å². The molecule has 0 heterocycles. The molecule has 76 valence electrons. The molecular weight excluding hydrogens is 180 g/mol. The van der Waals surface area contributed by atoms with Gasteiger partial charge >= 0.3 is 0 Å². The predicted molar refractivity (Wildman–Crippen MR) is 49.7 cm³/mol. The van der Waals surface area contributed by atoms with E-state index < -0.39 is 11.8 Å². The number of carbonyl (C=O) groups is 3. The number of carbonyl (C=O) groups excluding carboxylic acids is 3. The SMILES string of the molecule is O=C1CC(=O)C2CCCCCC1C2=O. The van der Waals surface area contributed by atoms with E-state index in [4.69, 9.17) is 0 Å². The molecule has 3 heteroatoms. The van der Waals surface area contributed by atoms with E-state index in [0.29, 0.717) is 12.8 Å². The highest BCUT2D eigenvalue weighted by Gasteiger charge is 2.42. The van der Waals surface area contributed by atoms with Crippen LogP contribution in [0, 0.1) is 11.8 Å². The molecule has 0 aromatic carbocycles. The van der Waals surface area contributed by atoms with Gasteiger partial charge in [0, 0.05) is 0 Å². The van der Waals surface area contributed by atoms with E-state index in [1.807, 2.05) is 0 Å². The fourth-order valence-corrected chi connectivity index (χ4v) is 2.46. The van der Waals surface area contributed by atoms with Crippen LogP contribution in [0.25, 0.3) is 0 Å². The molecule has 2 fully saturated rings. The minimum atomic E-state index is -0.446. The second kappa shape index (κ2) is 3.64. The molecule has 0 aromatic rings. The molecule has 2 rings (SSSR count). The highest BCUT2D eigenvalue weighted by atomic mass is 16.2. The van der Waals surface area contributed by atoms with Gasteiger partial charge in [0.25, 0.3) is 0 Å². The Hall–Kier alpha value is -0.990. The van der Waals surface area contributed by atoms with E-state index in [1.165, 1.54) is 0 Å². The molecular formula is C11H14O3. The summed E-state index contributed by atoms with van der Waals surface area (Å²) in [4.78, 5) is 34.7. The summed E-state index contributed by atoms with van der Waals surface area (Å²) in [5, 5.41) is 0. The van der Waals surface area contributed by atoms with Gasteiger partial charge in [0.15, 0.2) is 17.3 Å². The van der Waals surface area contributed by atoms with Crippen LogP contribution in [0.4, 0.5) is 0 Å². The van der Waals surface area contributed by atoms with Crippen molar-refractivity contribution in [2.45, 2.75) is 38.5 Å². The Balaban J connectivity index is 2.25. The van der Waals surface area contributed by atoms with Crippen LogP contribution in [0.5, 0.6) is 0 Å². The van der Waals surface area contributed by atoms with Crippen molar-refractivity contribution >= 4 is 17.3 Å². The van der Waals surface area contributed by atoms with Crippen molar-refractivity contribution in [2.75, 3.05) is 0 Å². The van der Waals surface area contributed by atoms with Crippen LogP contribution in [-0.4, -0.2) is 17.3 Å². The second-order valence-corrected chi connectivity index (χ2v) is 4.25. The van der Waals surface area contributed by atoms with Gasteiger partial charge in [-0.3, -0.25) is 14.4 Å². The number of hydrogen-bond acceptors (Lipinski definition) is 3. The second-order valence-electron chi connectivity index (χ2n) is 4.25. The first-order valence-corrected chi connectivity index (χ1v) is 5.29. The van der Waals surface area contributed by atoms with E-state index in [1.54, 1.807) is 0 Å². The smallest absolute Gasteiger partial charge is 0.153 e. The minimum absolute atomic E-state index is 0.00106. The van der Waals surface area contributed by atoms with Crippen molar-refractivity contribution in [2.24, 2.45) is 11.8 Å². The summed E-state index contributed by atoms with van der Waals surface area (Å²) in [5.41, 5.74) is 0. The van der Waals surface area contributed by atoms with Crippen LogP contribution in [-0.2, 0) is 14.4 Å². The van der Waals surface area contributed by atoms with Crippen LogP contribution in [0.3, 0.4) is 0 Å². The van der Waals surface area contributed by atoms with E-state index in [-0.39, 0.29) is 23.8 Å². The summed E-state index contributed by atoms with van der Waals surface area (Å²) in [6.07, 6.45) is 4.27. The molecule has 14 heavy (non-hydrogen) atoms. The van der Waals surface area contributed by atoms with Gasteiger partial charge in [-0.25, -0.2) is 0 Å². The Kier molecular flexibility index (Phi) is 2.48. The summed E-state index contributed by atoms with van der Waals surface area (Å²) >= 11 is 0. The quantitative estimate of drug-likeness (QED) is 0.546. The van der Waals surface area contributed by atoms with Gasteiger partial charge in [-0.05, 0) is 12.8 Å². The zero-order valence-corrected chi connectivity index (χ0v) is 8.12. The maximum atomic E-state index is 11.8. The predicted octanol–water partition coefficient (Wildman–Crippen LogP) is 1.29. The molecule has 0 aliphatic heterocycles. The first kappa shape index (κ1) is 9.56. The molecule has 2 bridgehead atoms. The molecule has 2 aliphatic rings. The third-order valence-corrected chi connectivity index (χ3v) is 3.30. The van der Waals surface area contributed by atoms with Gasteiger partial charge < -0.3 is 0 Å². The van der Waals surface area contributed by atoms with Crippen LogP contribution in [0.1, 0.15) is 38.5 Å². The number of ketones is 3. The lowest BCUT2D eigenvalue weighted by molar-refractivity contribution is -0.146. The average Bonchev–Trinajstić information content (AvgIpc) is 2.10. The first-order valence-electron chi connectivity index (χ1n) is 5.29. The van der Waals surface area contributed by atoms with Crippen molar-refractivity contribution in [1.82, 2.24) is 0 Å². The number of hydrogen-bond donors (Lipinski definition) is 0. The molecule has 2 saturated carbocycles. The first-order chi connectivity index (χ1) is 6.70. The zero-order chi connectivity index (χ0) is 10.1. The molecule has 2 aliphatic carbocycles. The fraction of sp³-hybridized carbons (Fsp3) is 0.727. The van der Waals surface area contributed by atoms with E-state index >= 15 is 0 Å². The fourth-order valence-electron chi connectivity index (χ4n) is 2.46. The molecule has 2 unspecified atom stereocenters. The van der Waals surface area contributed by atoms with Crippen molar-refractivity contribution in [3.63, 3.8) is 0 Å². The standard InChI is InChI=1S/C11H14O3/c12-9-6-10(13)8-5-3-1-2-4-7(9)11(8)14/h7-8H,1-6H2. The van der Waals surface area contributed by atoms with Crippen molar-refractivity contribution in [3.8, 4) is 0 Å². The average molecular weight is 194 g/mol. The highest BCUT2D eigenvalue weighted by Crippen LogP contribution is 2.30. The largest absolute Gasteiger partial charge is 0.298 e. The Morgan fingerprint density at radius 2 is 1.29 bits per heavy atom. The summed E-state index contributed by atoms with van der Waals surface area (Å²) in [6.45, 7) is 0. The number of Topliss-reactive ketones (excluding diaryl/α,β-unsaturated/α-hetero) is 3. The van der Waals surface area contributed by atoms with Crippen molar-refractivity contribution < 1.29 is 14.4 Å². The normalized spacial score (nSPS) is 33.9. The molecule has 0 aromatic heterocycles. The number of fused-ring (bicyclic) bond motifs is 2. The van der Waals surface area contributed by atoms with Gasteiger partial charge in [0.1, 0.15) is 0 Å². The van der Waals surface area contributed by atoms with Crippen molar-refractivity contribution in [3.05, 3.63) is 0 Å². The lowest BCUT2D eigenvalue weighted by Crippen LogP contribution is -2.42. The Bertz CT molecular complexity index is 267. The highest BCUT2D eigenvalue weighted by molar-refractivity contribution is 6.22. The van der Waals surface area contributed by atoms with Gasteiger partial charge in [-0.2, -0.15) is 0 Å². The van der Waals surface area contributed by atoms with Crippen molar-refractivity contribution in [1.29, 1.82) is 0 Å². The van der Waals surface area contributed by atoms with Gasteiger partial charge in [-0.1, -0.05) is 19.3 Å². The lowest BCUT2D eigenvalue weighted by atomic mass is 9.72. The minimum Gasteiger partial charge on any atom is -0.298 e. The summed E-state index contributed by atoms with van der Waals surface area (Å²) in [5.74, 6) is -1.27. The molecule has 0 N–H and O–H groups in total. The summed E-state index contributed by atoms with van der Waals surface area (Å²) < 4.78 is 0. The van der Waals surface area contributed by atoms with Crippen LogP contribution < -0.4 is 0 Å². The molecule has 0 amide bonds. The Morgan fingerprint density at radius 1 is 0.786 bits per heavy atom. The van der Waals surface area contributed by atoms with E-state index in [2.05, 4.69) is 0 Å². The molecule has 2 atom stereocenters. The monoisotopic (exact) mass is 194 g/mol. The third-order valence-electron chi connectivity index (χ3n) is 3.30. The zero-order valence-electron chi connectivity index (χ0n) is 8.12. The summed E-state index contributed by atoms with van der Waals surface area (Å²) in [6, 6.07) is 0. The van der Waals surface area contributed by atoms with E-state index in [9.17, 15) is 14.4 Å². The molecule has 0 spiro atoms. The number of rotatable bonds is 0. The van der Waals surface area contributed by atoms with Crippen LogP contribution in [0.15, 0.2) is 0 Å². The lowest BCUT2D eigenvalue weighted by Gasteiger charge is -2.27. The Labute approximate surface area is 82.9 Å². The third kappa shape index (κ3) is 1.51. The molecule has 0 radical (unpaired) electrons. The Morgan fingerprint density at radius 3 is 1.79 bits per heavy atom. The molecule has 3 nitrogen and oxygen atoms in total.